The average Bonchev–Trinajstić information content (AvgIpc) is 2.95. The molecule has 0 unspecified atom stereocenters. The van der Waals surface area contributed by atoms with Crippen molar-refractivity contribution in [1.29, 1.82) is 0 Å². The molecule has 6 nitrogen and oxygen atoms in total. The monoisotopic (exact) mass is 331 g/mol. The molecule has 22 heavy (non-hydrogen) atoms. The van der Waals surface area contributed by atoms with E-state index in [-0.39, 0.29) is 6.03 Å². The van der Waals surface area contributed by atoms with Crippen LogP contribution in [0.15, 0.2) is 0 Å². The Hall–Kier alpha value is -0.820. The minimum atomic E-state index is -3.05. The van der Waals surface area contributed by atoms with E-state index in [4.69, 9.17) is 0 Å². The molecule has 0 aromatic rings. The van der Waals surface area contributed by atoms with Gasteiger partial charge in [-0.25, -0.2) is 13.2 Å². The molecule has 0 bridgehead atoms. The molecule has 2 heterocycles. The summed E-state index contributed by atoms with van der Waals surface area (Å²) in [6.45, 7) is 8.08. The zero-order valence-electron chi connectivity index (χ0n) is 13.9. The topological polar surface area (TPSA) is 69.7 Å². The number of carbonyl (C=O) groups excluding carboxylic acids is 1. The van der Waals surface area contributed by atoms with Gasteiger partial charge < -0.3 is 10.2 Å². The SMILES string of the molecule is CC1CCN([C@H](C)CNC(=O)N2CC[C@H](S(C)(=O)=O)C2)CC1. The average molecular weight is 331 g/mol. The molecule has 0 spiro atoms. The molecule has 0 aliphatic carbocycles. The van der Waals surface area contributed by atoms with Crippen molar-refractivity contribution in [3.63, 3.8) is 0 Å². The highest BCUT2D eigenvalue weighted by molar-refractivity contribution is 7.91. The van der Waals surface area contributed by atoms with E-state index in [0.717, 1.165) is 19.0 Å². The third kappa shape index (κ3) is 4.59. The summed E-state index contributed by atoms with van der Waals surface area (Å²) in [6, 6.07) is 0.188. The van der Waals surface area contributed by atoms with Crippen LogP contribution in [0.25, 0.3) is 0 Å². The molecule has 2 amide bonds. The fourth-order valence-electron chi connectivity index (χ4n) is 3.21. The Morgan fingerprint density at radius 3 is 2.41 bits per heavy atom. The number of piperidine rings is 1. The highest BCUT2D eigenvalue weighted by Crippen LogP contribution is 2.18. The third-order valence-electron chi connectivity index (χ3n) is 5.03. The molecule has 2 saturated heterocycles. The Balaban J connectivity index is 1.74. The Morgan fingerprint density at radius 2 is 1.86 bits per heavy atom. The lowest BCUT2D eigenvalue weighted by Crippen LogP contribution is -2.48. The van der Waals surface area contributed by atoms with Gasteiger partial charge in [-0.05, 0) is 45.2 Å². The summed E-state index contributed by atoms with van der Waals surface area (Å²) in [5.41, 5.74) is 0. The first kappa shape index (κ1) is 17.5. The standard InChI is InChI=1S/C15H29N3O3S/c1-12-4-7-17(8-5-12)13(2)10-16-15(19)18-9-6-14(11-18)22(3,20)21/h12-14H,4-11H2,1-3H3,(H,16,19)/t13-,14+/m1/s1. The summed E-state index contributed by atoms with van der Waals surface area (Å²) in [4.78, 5) is 16.2. The Labute approximate surface area is 134 Å². The van der Waals surface area contributed by atoms with Crippen molar-refractivity contribution >= 4 is 15.9 Å². The van der Waals surface area contributed by atoms with Gasteiger partial charge in [0.2, 0.25) is 0 Å². The Kier molecular flexibility index (Phi) is 5.71. The van der Waals surface area contributed by atoms with Gasteiger partial charge in [0.05, 0.1) is 5.25 Å². The maximum Gasteiger partial charge on any atom is 0.317 e. The van der Waals surface area contributed by atoms with Crippen LogP contribution in [0.1, 0.15) is 33.1 Å². The normalized spacial score (nSPS) is 26.1. The van der Waals surface area contributed by atoms with E-state index in [1.165, 1.54) is 19.1 Å². The van der Waals surface area contributed by atoms with Crippen LogP contribution in [0.4, 0.5) is 4.79 Å². The summed E-state index contributed by atoms with van der Waals surface area (Å²) >= 11 is 0. The van der Waals surface area contributed by atoms with E-state index >= 15 is 0 Å². The lowest BCUT2D eigenvalue weighted by Gasteiger charge is -2.35. The number of likely N-dealkylation sites (tertiary alicyclic amines) is 2. The predicted octanol–water partition coefficient (Wildman–Crippen LogP) is 0.935. The highest BCUT2D eigenvalue weighted by atomic mass is 32.2. The first-order valence-corrected chi connectivity index (χ1v) is 10.2. The molecular weight excluding hydrogens is 302 g/mol. The molecule has 2 rings (SSSR count). The summed E-state index contributed by atoms with van der Waals surface area (Å²) in [5.74, 6) is 0.801. The van der Waals surface area contributed by atoms with Crippen LogP contribution in [0.2, 0.25) is 0 Å². The van der Waals surface area contributed by atoms with Gasteiger partial charge in [-0.15, -0.1) is 0 Å². The number of carbonyl (C=O) groups is 1. The minimum absolute atomic E-state index is 0.136. The van der Waals surface area contributed by atoms with Gasteiger partial charge >= 0.3 is 6.03 Å². The molecule has 1 N–H and O–H groups in total. The van der Waals surface area contributed by atoms with Crippen LogP contribution in [-0.2, 0) is 9.84 Å². The van der Waals surface area contributed by atoms with Gasteiger partial charge in [0.15, 0.2) is 9.84 Å². The minimum Gasteiger partial charge on any atom is -0.336 e. The number of nitrogens with one attached hydrogen (secondary N) is 1. The van der Waals surface area contributed by atoms with Crippen molar-refractivity contribution in [2.75, 3.05) is 39.0 Å². The van der Waals surface area contributed by atoms with Gasteiger partial charge in [0.1, 0.15) is 0 Å². The lowest BCUT2D eigenvalue weighted by atomic mass is 9.98. The molecule has 2 aliphatic heterocycles. The zero-order valence-corrected chi connectivity index (χ0v) is 14.7. The lowest BCUT2D eigenvalue weighted by molar-refractivity contribution is 0.143. The molecule has 0 aromatic carbocycles. The molecule has 0 saturated carbocycles. The first-order valence-electron chi connectivity index (χ1n) is 8.23. The second-order valence-electron chi connectivity index (χ2n) is 6.94. The zero-order chi connectivity index (χ0) is 16.3. The van der Waals surface area contributed by atoms with Crippen LogP contribution < -0.4 is 5.32 Å². The number of sulfone groups is 1. The van der Waals surface area contributed by atoms with Crippen LogP contribution in [-0.4, -0.2) is 74.5 Å². The van der Waals surface area contributed by atoms with Crippen molar-refractivity contribution in [2.24, 2.45) is 5.92 Å². The van der Waals surface area contributed by atoms with E-state index in [2.05, 4.69) is 24.1 Å². The fraction of sp³-hybridized carbons (Fsp3) is 0.933. The summed E-state index contributed by atoms with van der Waals surface area (Å²) in [7, 11) is -3.05. The van der Waals surface area contributed by atoms with Crippen LogP contribution >= 0.6 is 0 Å². The molecular formula is C15H29N3O3S. The molecule has 2 atom stereocenters. The van der Waals surface area contributed by atoms with Gasteiger partial charge in [0.25, 0.3) is 0 Å². The number of hydrogen-bond donors (Lipinski definition) is 1. The largest absolute Gasteiger partial charge is 0.336 e. The van der Waals surface area contributed by atoms with E-state index in [0.29, 0.717) is 32.1 Å². The third-order valence-corrected chi connectivity index (χ3v) is 6.62. The Bertz CT molecular complexity index is 486. The molecule has 2 aliphatic rings. The number of nitrogens with zero attached hydrogens (tertiary/aromatic N) is 2. The van der Waals surface area contributed by atoms with Crippen molar-refractivity contribution in [3.05, 3.63) is 0 Å². The van der Waals surface area contributed by atoms with Gasteiger partial charge in [-0.3, -0.25) is 4.90 Å². The number of urea groups is 1. The van der Waals surface area contributed by atoms with Crippen LogP contribution in [0.3, 0.4) is 0 Å². The van der Waals surface area contributed by atoms with Crippen LogP contribution in [0.5, 0.6) is 0 Å². The fourth-order valence-corrected chi connectivity index (χ4v) is 4.19. The number of amides is 2. The van der Waals surface area contributed by atoms with Crippen molar-refractivity contribution in [2.45, 2.75) is 44.4 Å². The molecule has 128 valence electrons. The first-order chi connectivity index (χ1) is 10.3. The number of hydrogen-bond acceptors (Lipinski definition) is 4. The smallest absolute Gasteiger partial charge is 0.317 e. The second-order valence-corrected chi connectivity index (χ2v) is 9.27. The summed E-state index contributed by atoms with van der Waals surface area (Å²) in [5, 5.41) is 2.55. The molecule has 2 fully saturated rings. The van der Waals surface area contributed by atoms with Crippen molar-refractivity contribution in [1.82, 2.24) is 15.1 Å². The maximum absolute atomic E-state index is 12.2. The van der Waals surface area contributed by atoms with E-state index in [1.54, 1.807) is 4.90 Å². The van der Waals surface area contributed by atoms with Crippen molar-refractivity contribution < 1.29 is 13.2 Å². The second kappa shape index (κ2) is 7.17. The molecule has 7 heteroatoms. The van der Waals surface area contributed by atoms with E-state index < -0.39 is 15.1 Å². The Morgan fingerprint density at radius 1 is 1.23 bits per heavy atom. The quantitative estimate of drug-likeness (QED) is 0.832. The van der Waals surface area contributed by atoms with E-state index in [9.17, 15) is 13.2 Å². The molecule has 0 aromatic heterocycles. The van der Waals surface area contributed by atoms with Gasteiger partial charge in [-0.2, -0.15) is 0 Å². The van der Waals surface area contributed by atoms with E-state index in [1.807, 2.05) is 0 Å². The maximum atomic E-state index is 12.2. The van der Waals surface area contributed by atoms with Gasteiger partial charge in [-0.1, -0.05) is 6.92 Å². The highest BCUT2D eigenvalue weighted by Gasteiger charge is 2.32. The predicted molar refractivity (Wildman–Crippen MR) is 87.7 cm³/mol. The number of rotatable bonds is 4. The molecule has 0 radical (unpaired) electrons. The van der Waals surface area contributed by atoms with Crippen molar-refractivity contribution in [3.8, 4) is 0 Å². The van der Waals surface area contributed by atoms with Gasteiger partial charge in [0, 0.05) is 31.9 Å². The summed E-state index contributed by atoms with van der Waals surface area (Å²) in [6.07, 6.45) is 4.24. The summed E-state index contributed by atoms with van der Waals surface area (Å²) < 4.78 is 23.1. The van der Waals surface area contributed by atoms with Crippen LogP contribution in [0, 0.1) is 5.92 Å².